The van der Waals surface area contributed by atoms with Crippen molar-refractivity contribution in [2.45, 2.75) is 43.6 Å². The minimum absolute atomic E-state index is 0.00634. The molecule has 29 heavy (non-hydrogen) atoms. The van der Waals surface area contributed by atoms with Crippen LogP contribution in [0.3, 0.4) is 0 Å². The van der Waals surface area contributed by atoms with Crippen LogP contribution in [0, 0.1) is 13.8 Å². The quantitative estimate of drug-likeness (QED) is 0.652. The number of benzene rings is 1. The van der Waals surface area contributed by atoms with Gasteiger partial charge in [-0.1, -0.05) is 30.0 Å². The summed E-state index contributed by atoms with van der Waals surface area (Å²) < 4.78 is 1.76. The second kappa shape index (κ2) is 8.51. The van der Waals surface area contributed by atoms with Gasteiger partial charge in [-0.05, 0) is 64.5 Å². The molecule has 0 bridgehead atoms. The minimum Gasteiger partial charge on any atom is -0.349 e. The predicted octanol–water partition coefficient (Wildman–Crippen LogP) is 2.86. The third-order valence-corrected chi connectivity index (χ3v) is 6.16. The van der Waals surface area contributed by atoms with E-state index in [4.69, 9.17) is 0 Å². The average Bonchev–Trinajstić information content (AvgIpc) is 3.11. The monoisotopic (exact) mass is 410 g/mol. The summed E-state index contributed by atoms with van der Waals surface area (Å²) in [5, 5.41) is 8.42. The number of likely N-dealkylation sites (tertiary alicyclic amines) is 1. The van der Waals surface area contributed by atoms with Crippen LogP contribution in [-0.4, -0.2) is 56.6 Å². The van der Waals surface area contributed by atoms with E-state index in [-0.39, 0.29) is 11.9 Å². The lowest BCUT2D eigenvalue weighted by Gasteiger charge is -2.29. The molecule has 1 amide bonds. The number of nitrogens with zero attached hydrogens (tertiary/aromatic N) is 5. The summed E-state index contributed by atoms with van der Waals surface area (Å²) >= 11 is 1.52. The number of hydrogen-bond acceptors (Lipinski definition) is 6. The maximum absolute atomic E-state index is 12.9. The van der Waals surface area contributed by atoms with E-state index in [1.807, 2.05) is 44.2 Å². The van der Waals surface area contributed by atoms with Crippen LogP contribution < -0.4 is 5.32 Å². The Balaban J connectivity index is 1.46. The van der Waals surface area contributed by atoms with Crippen LogP contribution in [0.2, 0.25) is 0 Å². The number of hydrogen-bond donors (Lipinski definition) is 1. The molecule has 0 unspecified atom stereocenters. The van der Waals surface area contributed by atoms with Crippen molar-refractivity contribution in [2.75, 3.05) is 20.1 Å². The number of carbonyl (C=O) groups excluding carboxylic acids is 1. The number of rotatable bonds is 5. The predicted molar refractivity (Wildman–Crippen MR) is 114 cm³/mol. The summed E-state index contributed by atoms with van der Waals surface area (Å²) in [6.07, 6.45) is 1.99. The SMILES string of the molecule is Cc1cc(C)n2nc(SCc3ccccc3C(=O)NC3CCN(C)CC3)nc2n1. The van der Waals surface area contributed by atoms with Crippen LogP contribution in [-0.2, 0) is 5.75 Å². The van der Waals surface area contributed by atoms with E-state index in [2.05, 4.69) is 32.3 Å². The molecule has 3 aromatic rings. The first-order chi connectivity index (χ1) is 14.0. The first-order valence-electron chi connectivity index (χ1n) is 9.91. The number of amides is 1. The van der Waals surface area contributed by atoms with E-state index >= 15 is 0 Å². The number of fused-ring (bicyclic) bond motifs is 1. The van der Waals surface area contributed by atoms with Crippen molar-refractivity contribution in [3.05, 3.63) is 52.8 Å². The van der Waals surface area contributed by atoms with Gasteiger partial charge in [-0.25, -0.2) is 9.50 Å². The summed E-state index contributed by atoms with van der Waals surface area (Å²) in [7, 11) is 2.12. The molecule has 8 heteroatoms. The van der Waals surface area contributed by atoms with Gasteiger partial charge < -0.3 is 10.2 Å². The second-order valence-corrected chi connectivity index (χ2v) is 8.58. The molecule has 2 aromatic heterocycles. The standard InChI is InChI=1S/C21H26N6OS/c1-14-12-15(2)27-20(22-14)24-21(25-27)29-13-16-6-4-5-7-18(16)19(28)23-17-8-10-26(3)11-9-17/h4-7,12,17H,8-11,13H2,1-3H3,(H,23,28). The van der Waals surface area contributed by atoms with Gasteiger partial charge >= 0.3 is 0 Å². The van der Waals surface area contributed by atoms with Gasteiger partial charge in [0.05, 0.1) is 0 Å². The lowest BCUT2D eigenvalue weighted by molar-refractivity contribution is 0.0916. The molecule has 0 aliphatic carbocycles. The van der Waals surface area contributed by atoms with E-state index < -0.39 is 0 Å². The molecule has 7 nitrogen and oxygen atoms in total. The summed E-state index contributed by atoms with van der Waals surface area (Å²) in [6, 6.07) is 10.0. The molecule has 3 heterocycles. The van der Waals surface area contributed by atoms with Gasteiger partial charge in [-0.15, -0.1) is 5.10 Å². The highest BCUT2D eigenvalue weighted by Gasteiger charge is 2.20. The van der Waals surface area contributed by atoms with Gasteiger partial charge in [0.25, 0.3) is 11.7 Å². The molecule has 0 saturated carbocycles. The lowest BCUT2D eigenvalue weighted by Crippen LogP contribution is -2.43. The summed E-state index contributed by atoms with van der Waals surface area (Å²) in [5.74, 6) is 1.25. The Morgan fingerprint density at radius 2 is 1.97 bits per heavy atom. The van der Waals surface area contributed by atoms with E-state index in [0.717, 1.165) is 48.4 Å². The highest BCUT2D eigenvalue weighted by molar-refractivity contribution is 7.98. The van der Waals surface area contributed by atoms with E-state index in [1.54, 1.807) is 4.52 Å². The van der Waals surface area contributed by atoms with Crippen LogP contribution in [0.15, 0.2) is 35.5 Å². The highest BCUT2D eigenvalue weighted by Crippen LogP contribution is 2.23. The molecule has 1 N–H and O–H groups in total. The maximum Gasteiger partial charge on any atom is 0.253 e. The average molecular weight is 411 g/mol. The summed E-state index contributed by atoms with van der Waals surface area (Å²) in [6.45, 7) is 5.99. The van der Waals surface area contributed by atoms with Crippen molar-refractivity contribution in [3.63, 3.8) is 0 Å². The van der Waals surface area contributed by atoms with Gasteiger partial charge in [0, 0.05) is 28.7 Å². The number of aryl methyl sites for hydroxylation is 2. The minimum atomic E-state index is 0.00634. The lowest BCUT2D eigenvalue weighted by atomic mass is 10.0. The van der Waals surface area contributed by atoms with E-state index in [9.17, 15) is 4.79 Å². The Morgan fingerprint density at radius 3 is 2.76 bits per heavy atom. The number of aromatic nitrogens is 4. The van der Waals surface area contributed by atoms with Gasteiger partial charge in [-0.2, -0.15) is 4.98 Å². The number of carbonyl (C=O) groups is 1. The maximum atomic E-state index is 12.9. The van der Waals surface area contributed by atoms with Crippen LogP contribution in [0.4, 0.5) is 0 Å². The molecule has 0 radical (unpaired) electrons. The Morgan fingerprint density at radius 1 is 1.21 bits per heavy atom. The Kier molecular flexibility index (Phi) is 5.82. The fourth-order valence-corrected chi connectivity index (χ4v) is 4.46. The Bertz CT molecular complexity index is 1030. The van der Waals surface area contributed by atoms with Crippen LogP contribution in [0.5, 0.6) is 0 Å². The zero-order valence-corrected chi connectivity index (χ0v) is 17.9. The first-order valence-corrected chi connectivity index (χ1v) is 10.9. The van der Waals surface area contributed by atoms with Gasteiger partial charge in [0.2, 0.25) is 5.16 Å². The van der Waals surface area contributed by atoms with Crippen LogP contribution in [0.1, 0.15) is 40.2 Å². The zero-order chi connectivity index (χ0) is 20.4. The Hall–Kier alpha value is -2.45. The highest BCUT2D eigenvalue weighted by atomic mass is 32.2. The largest absolute Gasteiger partial charge is 0.349 e. The third kappa shape index (κ3) is 4.59. The normalized spacial score (nSPS) is 15.7. The smallest absolute Gasteiger partial charge is 0.253 e. The van der Waals surface area contributed by atoms with Crippen molar-refractivity contribution in [1.82, 2.24) is 29.8 Å². The molecule has 1 fully saturated rings. The molecule has 1 aliphatic heterocycles. The van der Waals surface area contributed by atoms with Crippen molar-refractivity contribution < 1.29 is 4.79 Å². The van der Waals surface area contributed by atoms with Crippen molar-refractivity contribution >= 4 is 23.4 Å². The second-order valence-electron chi connectivity index (χ2n) is 7.64. The molecule has 0 spiro atoms. The van der Waals surface area contributed by atoms with Gasteiger partial charge in [0.1, 0.15) is 0 Å². The molecular weight excluding hydrogens is 384 g/mol. The molecule has 0 atom stereocenters. The number of thioether (sulfide) groups is 1. The van der Waals surface area contributed by atoms with E-state index in [1.165, 1.54) is 11.8 Å². The number of nitrogens with one attached hydrogen (secondary N) is 1. The van der Waals surface area contributed by atoms with Crippen molar-refractivity contribution in [2.24, 2.45) is 0 Å². The zero-order valence-electron chi connectivity index (χ0n) is 17.1. The van der Waals surface area contributed by atoms with Crippen molar-refractivity contribution in [1.29, 1.82) is 0 Å². The Labute approximate surface area is 174 Å². The molecule has 1 aromatic carbocycles. The molecule has 152 valence electrons. The van der Waals surface area contributed by atoms with Gasteiger partial charge in [-0.3, -0.25) is 4.79 Å². The molecular formula is C21H26N6OS. The molecule has 1 saturated heterocycles. The van der Waals surface area contributed by atoms with Crippen LogP contribution >= 0.6 is 11.8 Å². The first kappa shape index (κ1) is 19.8. The fraction of sp³-hybridized carbons (Fsp3) is 0.429. The topological polar surface area (TPSA) is 75.4 Å². The summed E-state index contributed by atoms with van der Waals surface area (Å²) in [4.78, 5) is 24.1. The van der Waals surface area contributed by atoms with E-state index in [0.29, 0.717) is 16.7 Å². The molecule has 4 rings (SSSR count). The van der Waals surface area contributed by atoms with Crippen molar-refractivity contribution in [3.8, 4) is 0 Å². The fourth-order valence-electron chi connectivity index (χ4n) is 3.64. The summed E-state index contributed by atoms with van der Waals surface area (Å²) in [5.41, 5.74) is 3.65. The third-order valence-electron chi connectivity index (χ3n) is 5.27. The molecule has 1 aliphatic rings. The number of piperidine rings is 1. The van der Waals surface area contributed by atoms with Crippen LogP contribution in [0.25, 0.3) is 5.78 Å². The van der Waals surface area contributed by atoms with Gasteiger partial charge in [0.15, 0.2) is 0 Å².